The van der Waals surface area contributed by atoms with E-state index in [1.54, 1.807) is 0 Å². The normalized spacial score (nSPS) is 22.3. The van der Waals surface area contributed by atoms with Crippen LogP contribution in [0.25, 0.3) is 17.0 Å². The Bertz CT molecular complexity index is 2230. The molecule has 276 valence electrons. The predicted octanol–water partition coefficient (Wildman–Crippen LogP) is 5.06. The number of carbonyl (C=O) groups is 3. The quantitative estimate of drug-likeness (QED) is 0.217. The Balaban J connectivity index is 0.847. The first-order valence-corrected chi connectivity index (χ1v) is 18.9. The number of nitrogens with zero attached hydrogens (tertiary/aromatic N) is 8. The van der Waals surface area contributed by atoms with Gasteiger partial charge in [-0.15, -0.1) is 5.10 Å². The zero-order valence-corrected chi connectivity index (χ0v) is 30.3. The molecule has 4 aliphatic rings. The fraction of sp³-hybridized carbons (Fsp3) is 0.366. The SMILES string of the molecule is Cc1cccc([C@H]2CCCN2c2ccc3ncc(-c4cccc(N5CCN(Cc6cccc([C@H]7CN(C8CCC(=O)NC8=O)C(=O)O7)c6)CC5)n4)n3n2)c1. The number of amides is 3. The monoisotopic (exact) mass is 725 g/mol. The molecule has 0 bridgehead atoms. The summed E-state index contributed by atoms with van der Waals surface area (Å²) in [5, 5.41) is 7.45. The average Bonchev–Trinajstić information content (AvgIpc) is 3.94. The number of nitrogens with one attached hydrogen (secondary N) is 1. The van der Waals surface area contributed by atoms with Gasteiger partial charge in [-0.2, -0.15) is 0 Å². The van der Waals surface area contributed by atoms with Crippen molar-refractivity contribution in [2.75, 3.05) is 49.1 Å². The highest BCUT2D eigenvalue weighted by atomic mass is 16.6. The number of ether oxygens (including phenoxy) is 1. The van der Waals surface area contributed by atoms with Crippen LogP contribution in [0.2, 0.25) is 0 Å². The van der Waals surface area contributed by atoms with Crippen LogP contribution in [0.3, 0.4) is 0 Å². The van der Waals surface area contributed by atoms with Crippen molar-refractivity contribution in [2.24, 2.45) is 0 Å². The lowest BCUT2D eigenvalue weighted by Crippen LogP contribution is -2.52. The molecular formula is C41H43N9O4. The first-order chi connectivity index (χ1) is 26.4. The molecule has 1 unspecified atom stereocenters. The minimum atomic E-state index is -0.684. The molecule has 3 aromatic heterocycles. The Hall–Kier alpha value is -5.82. The maximum absolute atomic E-state index is 12.7. The van der Waals surface area contributed by atoms with Crippen LogP contribution >= 0.6 is 0 Å². The first kappa shape index (κ1) is 34.0. The van der Waals surface area contributed by atoms with Crippen molar-refractivity contribution in [1.82, 2.24) is 34.7 Å². The van der Waals surface area contributed by atoms with Crippen LogP contribution in [0.5, 0.6) is 0 Å². The van der Waals surface area contributed by atoms with E-state index in [1.807, 2.05) is 35.0 Å². The zero-order valence-electron chi connectivity index (χ0n) is 30.3. The van der Waals surface area contributed by atoms with Crippen LogP contribution in [-0.2, 0) is 20.9 Å². The summed E-state index contributed by atoms with van der Waals surface area (Å²) in [6.07, 6.45) is 3.63. The van der Waals surface area contributed by atoms with Gasteiger partial charge in [-0.25, -0.2) is 19.3 Å². The van der Waals surface area contributed by atoms with Crippen molar-refractivity contribution in [3.63, 3.8) is 0 Å². The standard InChI is InChI=1S/C41H43N9O4/c1-27-6-2-8-29(22-27)32-11-5-17-48(32)38-15-14-36-42-24-34(50(36)45-38)31-10-4-12-37(43-31)47-20-18-46(19-21-47)25-28-7-3-9-30(23-28)35-26-49(41(53)54-35)33-13-16-39(51)44-40(33)52/h2-4,6-10,12,14-15,22-24,32-33,35H,5,11,13,16-21,25-26H2,1H3,(H,44,51,52)/t32-,33?,35-/m1/s1. The molecule has 3 amide bonds. The minimum absolute atomic E-state index is 0.213. The number of piperidine rings is 1. The van der Waals surface area contributed by atoms with E-state index in [1.165, 1.54) is 16.0 Å². The van der Waals surface area contributed by atoms with Crippen LogP contribution < -0.4 is 15.1 Å². The predicted molar refractivity (Wildman–Crippen MR) is 203 cm³/mol. The van der Waals surface area contributed by atoms with Gasteiger partial charge in [0.05, 0.1) is 24.5 Å². The number of pyridine rings is 1. The number of benzene rings is 2. The molecule has 9 rings (SSSR count). The van der Waals surface area contributed by atoms with E-state index in [0.29, 0.717) is 12.5 Å². The number of aryl methyl sites for hydroxylation is 1. The lowest BCUT2D eigenvalue weighted by atomic mass is 10.0. The van der Waals surface area contributed by atoms with Gasteiger partial charge in [0.2, 0.25) is 11.8 Å². The molecular weight excluding hydrogens is 683 g/mol. The molecule has 54 heavy (non-hydrogen) atoms. The second-order valence-electron chi connectivity index (χ2n) is 14.8. The molecule has 0 spiro atoms. The summed E-state index contributed by atoms with van der Waals surface area (Å²) in [5.74, 6) is 1.13. The first-order valence-electron chi connectivity index (χ1n) is 18.9. The lowest BCUT2D eigenvalue weighted by molar-refractivity contribution is -0.136. The number of anilines is 2. The van der Waals surface area contributed by atoms with E-state index < -0.39 is 24.1 Å². The highest BCUT2D eigenvalue weighted by Crippen LogP contribution is 2.36. The molecule has 1 N–H and O–H groups in total. The molecule has 0 radical (unpaired) electrons. The van der Waals surface area contributed by atoms with E-state index in [2.05, 4.69) is 86.5 Å². The topological polar surface area (TPSA) is 129 Å². The Morgan fingerprint density at radius 3 is 2.50 bits per heavy atom. The van der Waals surface area contributed by atoms with Crippen molar-refractivity contribution in [3.8, 4) is 11.4 Å². The van der Waals surface area contributed by atoms with Crippen LogP contribution in [-0.4, -0.2) is 92.6 Å². The van der Waals surface area contributed by atoms with Gasteiger partial charge < -0.3 is 14.5 Å². The summed E-state index contributed by atoms with van der Waals surface area (Å²) in [5.41, 5.74) is 7.14. The molecule has 0 aliphatic carbocycles. The number of aromatic nitrogens is 4. The van der Waals surface area contributed by atoms with Crippen LogP contribution in [0.1, 0.15) is 60.1 Å². The zero-order chi connectivity index (χ0) is 36.8. The second-order valence-corrected chi connectivity index (χ2v) is 14.8. The van der Waals surface area contributed by atoms with Gasteiger partial charge in [0.1, 0.15) is 29.5 Å². The molecule has 4 fully saturated rings. The van der Waals surface area contributed by atoms with Crippen molar-refractivity contribution in [2.45, 2.75) is 57.3 Å². The van der Waals surface area contributed by atoms with E-state index >= 15 is 0 Å². The molecule has 7 heterocycles. The summed E-state index contributed by atoms with van der Waals surface area (Å²) < 4.78 is 7.62. The molecule has 13 heteroatoms. The van der Waals surface area contributed by atoms with E-state index in [-0.39, 0.29) is 18.9 Å². The fourth-order valence-electron chi connectivity index (χ4n) is 8.37. The lowest BCUT2D eigenvalue weighted by Gasteiger charge is -2.35. The Morgan fingerprint density at radius 2 is 1.65 bits per heavy atom. The van der Waals surface area contributed by atoms with Crippen LogP contribution in [0, 0.1) is 6.92 Å². The summed E-state index contributed by atoms with van der Waals surface area (Å²) in [4.78, 5) is 55.1. The van der Waals surface area contributed by atoms with Crippen molar-refractivity contribution in [1.29, 1.82) is 0 Å². The number of hydrogen-bond acceptors (Lipinski definition) is 10. The summed E-state index contributed by atoms with van der Waals surface area (Å²) >= 11 is 0. The number of piperazine rings is 1. The maximum Gasteiger partial charge on any atom is 0.411 e. The third kappa shape index (κ3) is 6.64. The number of hydrogen-bond donors (Lipinski definition) is 1. The molecule has 4 aliphatic heterocycles. The smallest absolute Gasteiger partial charge is 0.411 e. The molecule has 2 aromatic carbocycles. The Morgan fingerprint density at radius 1 is 0.815 bits per heavy atom. The van der Waals surface area contributed by atoms with Crippen molar-refractivity contribution < 1.29 is 19.1 Å². The minimum Gasteiger partial charge on any atom is -0.439 e. The average molecular weight is 726 g/mol. The van der Waals surface area contributed by atoms with Crippen molar-refractivity contribution in [3.05, 3.63) is 107 Å². The largest absolute Gasteiger partial charge is 0.439 e. The van der Waals surface area contributed by atoms with Gasteiger partial charge in [-0.05, 0) is 67.1 Å². The van der Waals surface area contributed by atoms with Gasteiger partial charge in [-0.3, -0.25) is 24.7 Å². The van der Waals surface area contributed by atoms with Gasteiger partial charge in [-0.1, -0.05) is 60.2 Å². The number of fused-ring (bicyclic) bond motifs is 1. The van der Waals surface area contributed by atoms with Crippen LogP contribution in [0.4, 0.5) is 16.4 Å². The van der Waals surface area contributed by atoms with E-state index in [0.717, 1.165) is 91.9 Å². The number of carbonyl (C=O) groups excluding carboxylic acids is 3. The number of rotatable bonds is 8. The summed E-state index contributed by atoms with van der Waals surface area (Å²) in [6.45, 7) is 7.57. The fourth-order valence-corrected chi connectivity index (χ4v) is 8.37. The van der Waals surface area contributed by atoms with Gasteiger partial charge >= 0.3 is 6.09 Å². The summed E-state index contributed by atoms with van der Waals surface area (Å²) in [7, 11) is 0. The Labute approximate surface area is 313 Å². The molecule has 5 aromatic rings. The Kier molecular flexibility index (Phi) is 8.93. The molecule has 13 nitrogen and oxygen atoms in total. The van der Waals surface area contributed by atoms with E-state index in [4.69, 9.17) is 14.8 Å². The van der Waals surface area contributed by atoms with Crippen LogP contribution in [0.15, 0.2) is 85.1 Å². The highest BCUT2D eigenvalue weighted by Gasteiger charge is 2.42. The second kappa shape index (κ2) is 14.2. The number of imide groups is 1. The highest BCUT2D eigenvalue weighted by molar-refractivity contribution is 6.01. The van der Waals surface area contributed by atoms with Gasteiger partial charge in [0.15, 0.2) is 5.65 Å². The molecule has 0 saturated carbocycles. The van der Waals surface area contributed by atoms with Crippen molar-refractivity contribution >= 4 is 35.2 Å². The van der Waals surface area contributed by atoms with E-state index in [9.17, 15) is 14.4 Å². The third-order valence-corrected chi connectivity index (χ3v) is 11.2. The third-order valence-electron chi connectivity index (χ3n) is 11.2. The molecule has 3 atom stereocenters. The summed E-state index contributed by atoms with van der Waals surface area (Å²) in [6, 6.07) is 26.8. The van der Waals surface area contributed by atoms with Gasteiger partial charge in [0.25, 0.3) is 0 Å². The van der Waals surface area contributed by atoms with Gasteiger partial charge in [0, 0.05) is 45.7 Å². The molecule has 4 saturated heterocycles. The number of cyclic esters (lactones) is 1. The maximum atomic E-state index is 12.7. The number of imidazole rings is 1.